The maximum atomic E-state index is 14.3. The molecule has 1 saturated heterocycles. The van der Waals surface area contributed by atoms with Crippen LogP contribution < -0.4 is 16.2 Å². The third kappa shape index (κ3) is 2.97. The van der Waals surface area contributed by atoms with Crippen LogP contribution in [-0.4, -0.2) is 28.9 Å². The summed E-state index contributed by atoms with van der Waals surface area (Å²) in [6, 6.07) is 13.6. The summed E-state index contributed by atoms with van der Waals surface area (Å²) >= 11 is 0. The van der Waals surface area contributed by atoms with Crippen molar-refractivity contribution in [3.05, 3.63) is 64.7 Å². The summed E-state index contributed by atoms with van der Waals surface area (Å²) in [6.45, 7) is 1.49. The smallest absolute Gasteiger partial charge is 0.279 e. The summed E-state index contributed by atoms with van der Waals surface area (Å²) in [5.74, 6) is 0.205. The van der Waals surface area contributed by atoms with Gasteiger partial charge in [0.15, 0.2) is 5.82 Å². The van der Waals surface area contributed by atoms with Crippen LogP contribution in [0.5, 0.6) is 0 Å². The highest BCUT2D eigenvalue weighted by atomic mass is 19.1. The molecule has 1 aromatic heterocycles. The predicted octanol–water partition coefficient (Wildman–Crippen LogP) is 2.84. The maximum absolute atomic E-state index is 14.3. The molecule has 0 bridgehead atoms. The van der Waals surface area contributed by atoms with Gasteiger partial charge in [-0.15, -0.1) is 5.10 Å². The van der Waals surface area contributed by atoms with E-state index in [0.29, 0.717) is 17.7 Å². The molecule has 1 atom stereocenters. The van der Waals surface area contributed by atoms with Gasteiger partial charge in [-0.25, -0.2) is 4.39 Å². The fraction of sp³-hybridized carbons (Fsp3) is 0.300. The van der Waals surface area contributed by atoms with E-state index in [-0.39, 0.29) is 17.3 Å². The molecule has 3 aromatic rings. The molecule has 4 rings (SSSR count). The largest absolute Gasteiger partial charge is 0.353 e. The van der Waals surface area contributed by atoms with E-state index < -0.39 is 5.82 Å². The van der Waals surface area contributed by atoms with E-state index in [4.69, 9.17) is 5.73 Å². The normalized spacial score (nSPS) is 18.1. The van der Waals surface area contributed by atoms with E-state index in [1.54, 1.807) is 24.3 Å². The van der Waals surface area contributed by atoms with Gasteiger partial charge in [-0.2, -0.15) is 4.68 Å². The minimum Gasteiger partial charge on any atom is -0.353 e. The number of hydrogen-bond donors (Lipinski definition) is 1. The molecule has 26 heavy (non-hydrogen) atoms. The van der Waals surface area contributed by atoms with Crippen LogP contribution in [-0.2, 0) is 0 Å². The van der Waals surface area contributed by atoms with Gasteiger partial charge in [0.25, 0.3) is 5.56 Å². The van der Waals surface area contributed by atoms with Crippen molar-refractivity contribution in [2.75, 3.05) is 18.0 Å². The Labute approximate surface area is 150 Å². The Hall–Kier alpha value is -2.73. The summed E-state index contributed by atoms with van der Waals surface area (Å²) in [6.07, 6.45) is 3.06. The minimum absolute atomic E-state index is 0.0619. The van der Waals surface area contributed by atoms with Crippen LogP contribution in [0.1, 0.15) is 19.3 Å². The molecular weight excluding hydrogens is 331 g/mol. The summed E-state index contributed by atoms with van der Waals surface area (Å²) < 4.78 is 15.5. The molecule has 0 spiro atoms. The molecule has 6 heteroatoms. The van der Waals surface area contributed by atoms with Gasteiger partial charge in [0.1, 0.15) is 11.5 Å². The Morgan fingerprint density at radius 2 is 1.77 bits per heavy atom. The first-order chi connectivity index (χ1) is 12.6. The van der Waals surface area contributed by atoms with Crippen LogP contribution >= 0.6 is 0 Å². The van der Waals surface area contributed by atoms with Gasteiger partial charge in [0.2, 0.25) is 0 Å². The van der Waals surface area contributed by atoms with E-state index >= 15 is 0 Å². The average Bonchev–Trinajstić information content (AvgIpc) is 2.87. The first kappa shape index (κ1) is 16.7. The number of hydrogen-bond acceptors (Lipinski definition) is 4. The minimum atomic E-state index is -0.476. The topological polar surface area (TPSA) is 64.2 Å². The van der Waals surface area contributed by atoms with Crippen LogP contribution in [0, 0.1) is 5.82 Å². The van der Waals surface area contributed by atoms with Crippen molar-refractivity contribution in [1.29, 1.82) is 0 Å². The number of nitrogens with zero attached hydrogens (tertiary/aromatic N) is 3. The Bertz CT molecular complexity index is 1000. The van der Waals surface area contributed by atoms with E-state index in [2.05, 4.69) is 10.00 Å². The molecule has 5 nitrogen and oxygen atoms in total. The highest BCUT2D eigenvalue weighted by Gasteiger charge is 2.21. The third-order valence-corrected chi connectivity index (χ3v) is 4.87. The number of nitrogens with two attached hydrogens (primary N) is 1. The zero-order chi connectivity index (χ0) is 18.1. The van der Waals surface area contributed by atoms with E-state index in [9.17, 15) is 9.18 Å². The molecule has 0 saturated carbocycles. The zero-order valence-electron chi connectivity index (χ0n) is 14.4. The van der Waals surface area contributed by atoms with Gasteiger partial charge in [0.05, 0.1) is 5.39 Å². The van der Waals surface area contributed by atoms with Crippen molar-refractivity contribution < 1.29 is 4.39 Å². The molecule has 0 amide bonds. The maximum Gasteiger partial charge on any atom is 0.279 e. The first-order valence-corrected chi connectivity index (χ1v) is 8.92. The van der Waals surface area contributed by atoms with Crippen molar-refractivity contribution in [2.24, 2.45) is 5.73 Å². The van der Waals surface area contributed by atoms with Crippen LogP contribution in [0.3, 0.4) is 0 Å². The number of aromatic nitrogens is 2. The number of anilines is 1. The van der Waals surface area contributed by atoms with Crippen LogP contribution in [0.25, 0.3) is 16.5 Å². The van der Waals surface area contributed by atoms with Crippen molar-refractivity contribution in [3.63, 3.8) is 0 Å². The zero-order valence-corrected chi connectivity index (χ0v) is 14.4. The molecule has 0 radical (unpaired) electrons. The van der Waals surface area contributed by atoms with Crippen molar-refractivity contribution in [3.8, 4) is 5.69 Å². The second-order valence-corrected chi connectivity index (χ2v) is 6.74. The second-order valence-electron chi connectivity index (χ2n) is 6.74. The molecule has 0 aliphatic carbocycles. The highest BCUT2D eigenvalue weighted by Crippen LogP contribution is 2.25. The highest BCUT2D eigenvalue weighted by molar-refractivity contribution is 5.91. The second kappa shape index (κ2) is 6.88. The van der Waals surface area contributed by atoms with Crippen LogP contribution in [0.15, 0.2) is 53.3 Å². The van der Waals surface area contributed by atoms with Gasteiger partial charge in [-0.3, -0.25) is 4.79 Å². The van der Waals surface area contributed by atoms with E-state index in [1.807, 2.05) is 18.2 Å². The Kier molecular flexibility index (Phi) is 4.42. The summed E-state index contributed by atoms with van der Waals surface area (Å²) in [7, 11) is 0. The summed E-state index contributed by atoms with van der Waals surface area (Å²) in [4.78, 5) is 15.1. The van der Waals surface area contributed by atoms with E-state index in [0.717, 1.165) is 31.2 Å². The summed E-state index contributed by atoms with van der Waals surface area (Å²) in [5, 5.41) is 5.87. The van der Waals surface area contributed by atoms with Crippen molar-refractivity contribution in [1.82, 2.24) is 9.78 Å². The lowest BCUT2D eigenvalue weighted by Crippen LogP contribution is -2.37. The number of fused-ring (bicyclic) bond motifs is 1. The third-order valence-electron chi connectivity index (χ3n) is 4.87. The lowest BCUT2D eigenvalue weighted by atomic mass is 10.1. The number of benzene rings is 2. The SMILES string of the molecule is N[C@@H]1CCCCN(c2nn(-c3ccccc3F)c(=O)c3ccccc23)C1. The molecule has 0 unspecified atom stereocenters. The molecule has 2 aromatic carbocycles. The van der Waals surface area contributed by atoms with Crippen LogP contribution in [0.2, 0.25) is 0 Å². The first-order valence-electron chi connectivity index (χ1n) is 8.92. The van der Waals surface area contributed by atoms with Gasteiger partial charge in [0, 0.05) is 24.5 Å². The molecule has 2 heterocycles. The lowest BCUT2D eigenvalue weighted by Gasteiger charge is -2.25. The van der Waals surface area contributed by atoms with E-state index in [1.165, 1.54) is 10.7 Å². The fourth-order valence-corrected chi connectivity index (χ4v) is 3.56. The molecule has 134 valence electrons. The predicted molar refractivity (Wildman–Crippen MR) is 101 cm³/mol. The summed E-state index contributed by atoms with van der Waals surface area (Å²) in [5.41, 5.74) is 6.04. The molecule has 1 fully saturated rings. The Balaban J connectivity index is 1.96. The van der Waals surface area contributed by atoms with Crippen molar-refractivity contribution in [2.45, 2.75) is 25.3 Å². The Morgan fingerprint density at radius 3 is 2.58 bits per heavy atom. The number of halogens is 1. The lowest BCUT2D eigenvalue weighted by molar-refractivity contribution is 0.602. The van der Waals surface area contributed by atoms with Gasteiger partial charge >= 0.3 is 0 Å². The number of rotatable bonds is 2. The fourth-order valence-electron chi connectivity index (χ4n) is 3.56. The van der Waals surface area contributed by atoms with Crippen molar-refractivity contribution >= 4 is 16.6 Å². The monoisotopic (exact) mass is 352 g/mol. The Morgan fingerprint density at radius 1 is 1.04 bits per heavy atom. The molecule has 2 N–H and O–H groups in total. The van der Waals surface area contributed by atoms with Crippen LogP contribution in [0.4, 0.5) is 10.2 Å². The van der Waals surface area contributed by atoms with Gasteiger partial charge in [-0.05, 0) is 31.0 Å². The molecule has 1 aliphatic rings. The number of para-hydroxylation sites is 1. The standard InChI is InChI=1S/C20H21FN4O/c21-17-10-3-4-11-18(17)25-20(26)16-9-2-1-8-15(16)19(23-25)24-12-6-5-7-14(22)13-24/h1-4,8-11,14H,5-7,12-13,22H2/t14-/m1/s1. The average molecular weight is 352 g/mol. The quantitative estimate of drug-likeness (QED) is 0.770. The molecule has 1 aliphatic heterocycles. The molecular formula is C20H21FN4O. The van der Waals surface area contributed by atoms with Gasteiger partial charge < -0.3 is 10.6 Å². The van der Waals surface area contributed by atoms with Gasteiger partial charge in [-0.1, -0.05) is 36.8 Å².